The van der Waals surface area contributed by atoms with Crippen molar-refractivity contribution in [1.29, 1.82) is 0 Å². The number of aromatic nitrogens is 2. The molecule has 1 heterocycles. The van der Waals surface area contributed by atoms with Gasteiger partial charge in [0.2, 0.25) is 0 Å². The molecule has 17 heavy (non-hydrogen) atoms. The van der Waals surface area contributed by atoms with Crippen molar-refractivity contribution in [3.05, 3.63) is 35.5 Å². The van der Waals surface area contributed by atoms with E-state index in [0.29, 0.717) is 11.1 Å². The first-order valence-electron chi connectivity index (χ1n) is 5.29. The van der Waals surface area contributed by atoms with Crippen LogP contribution in [0.1, 0.15) is 25.3 Å². The minimum Gasteiger partial charge on any atom is -0.384 e. The van der Waals surface area contributed by atoms with E-state index in [1.807, 2.05) is 13.8 Å². The summed E-state index contributed by atoms with van der Waals surface area (Å²) in [7, 11) is 0. The molecule has 3 N–H and O–H groups in total. The zero-order chi connectivity index (χ0) is 12.6. The molecule has 0 unspecified atom stereocenters. The molecule has 2 aromatic rings. The van der Waals surface area contributed by atoms with Gasteiger partial charge in [-0.2, -0.15) is 5.10 Å². The normalized spacial score (nSPS) is 11.1. The second-order valence-corrected chi connectivity index (χ2v) is 4.21. The fourth-order valence-electron chi connectivity index (χ4n) is 1.73. The third-order valence-corrected chi connectivity index (χ3v) is 2.67. The Kier molecular flexibility index (Phi) is 2.83. The van der Waals surface area contributed by atoms with Crippen LogP contribution in [0.25, 0.3) is 11.1 Å². The second-order valence-electron chi connectivity index (χ2n) is 4.21. The predicted octanol–water partition coefficient (Wildman–Crippen LogP) is 3.06. The monoisotopic (exact) mass is 237 g/mol. The van der Waals surface area contributed by atoms with E-state index in [-0.39, 0.29) is 17.3 Å². The zero-order valence-electron chi connectivity index (χ0n) is 9.59. The summed E-state index contributed by atoms with van der Waals surface area (Å²) < 4.78 is 27.2. The van der Waals surface area contributed by atoms with Gasteiger partial charge in [0.05, 0.1) is 6.20 Å². The highest BCUT2D eigenvalue weighted by Gasteiger charge is 2.16. The lowest BCUT2D eigenvalue weighted by molar-refractivity contribution is 0.567. The van der Waals surface area contributed by atoms with Gasteiger partial charge in [0.1, 0.15) is 17.5 Å². The first-order valence-corrected chi connectivity index (χ1v) is 5.29. The van der Waals surface area contributed by atoms with E-state index in [9.17, 15) is 8.78 Å². The number of hydrogen-bond donors (Lipinski definition) is 2. The van der Waals surface area contributed by atoms with Crippen LogP contribution < -0.4 is 5.73 Å². The van der Waals surface area contributed by atoms with Crippen molar-refractivity contribution in [2.45, 2.75) is 19.8 Å². The number of hydrogen-bond acceptors (Lipinski definition) is 2. The summed E-state index contributed by atoms with van der Waals surface area (Å²) in [5, 5.41) is 6.25. The molecule has 90 valence electrons. The second kappa shape index (κ2) is 4.16. The molecule has 1 aromatic carbocycles. The Hall–Kier alpha value is -1.91. The van der Waals surface area contributed by atoms with Crippen LogP contribution in [0, 0.1) is 11.6 Å². The fourth-order valence-corrected chi connectivity index (χ4v) is 1.73. The lowest BCUT2D eigenvalue weighted by Gasteiger charge is -2.10. The van der Waals surface area contributed by atoms with E-state index in [0.717, 1.165) is 6.07 Å². The smallest absolute Gasteiger partial charge is 0.134 e. The molecule has 0 fully saturated rings. The Labute approximate surface area is 97.7 Å². The molecule has 0 amide bonds. The van der Waals surface area contributed by atoms with Crippen LogP contribution in [0.5, 0.6) is 0 Å². The first kappa shape index (κ1) is 11.6. The van der Waals surface area contributed by atoms with Crippen molar-refractivity contribution < 1.29 is 8.78 Å². The number of H-pyrrole nitrogens is 1. The maximum Gasteiger partial charge on any atom is 0.134 e. The quantitative estimate of drug-likeness (QED) is 0.843. The Balaban J connectivity index is 2.63. The number of halogens is 2. The van der Waals surface area contributed by atoms with E-state index >= 15 is 0 Å². The topological polar surface area (TPSA) is 54.7 Å². The maximum atomic E-state index is 13.7. The molecule has 0 spiro atoms. The largest absolute Gasteiger partial charge is 0.384 e. The van der Waals surface area contributed by atoms with Crippen LogP contribution in [0.15, 0.2) is 18.3 Å². The summed E-state index contributed by atoms with van der Waals surface area (Å²) >= 11 is 0. The van der Waals surface area contributed by atoms with Crippen molar-refractivity contribution in [3.8, 4) is 11.1 Å². The summed E-state index contributed by atoms with van der Waals surface area (Å²) in [5.41, 5.74) is 6.80. The van der Waals surface area contributed by atoms with Gasteiger partial charge in [0, 0.05) is 17.2 Å². The summed E-state index contributed by atoms with van der Waals surface area (Å²) in [6.45, 7) is 3.69. The summed E-state index contributed by atoms with van der Waals surface area (Å²) in [6.07, 6.45) is 1.43. The minimum atomic E-state index is -0.639. The number of nitrogens with one attached hydrogen (secondary N) is 1. The van der Waals surface area contributed by atoms with Gasteiger partial charge in [0.15, 0.2) is 0 Å². The summed E-state index contributed by atoms with van der Waals surface area (Å²) in [5.74, 6) is -0.934. The van der Waals surface area contributed by atoms with Gasteiger partial charge in [-0.1, -0.05) is 13.8 Å². The van der Waals surface area contributed by atoms with Crippen LogP contribution in [-0.2, 0) is 0 Å². The van der Waals surface area contributed by atoms with Crippen LogP contribution in [0.3, 0.4) is 0 Å². The highest BCUT2D eigenvalue weighted by Crippen LogP contribution is 2.31. The number of nitrogens with two attached hydrogens (primary N) is 1. The van der Waals surface area contributed by atoms with Gasteiger partial charge in [-0.05, 0) is 17.5 Å². The first-order chi connectivity index (χ1) is 8.00. The van der Waals surface area contributed by atoms with Crippen molar-refractivity contribution in [2.75, 3.05) is 5.73 Å². The van der Waals surface area contributed by atoms with E-state index in [1.165, 1.54) is 12.3 Å². The number of aromatic amines is 1. The Bertz CT molecular complexity index is 547. The predicted molar refractivity (Wildman–Crippen MR) is 62.4 cm³/mol. The molecule has 1 aromatic heterocycles. The Morgan fingerprint density at radius 2 is 1.88 bits per heavy atom. The van der Waals surface area contributed by atoms with E-state index in [1.54, 1.807) is 0 Å². The maximum absolute atomic E-state index is 13.7. The van der Waals surface area contributed by atoms with Gasteiger partial charge in [-0.3, -0.25) is 5.10 Å². The van der Waals surface area contributed by atoms with E-state index in [2.05, 4.69) is 10.2 Å². The van der Waals surface area contributed by atoms with Gasteiger partial charge < -0.3 is 5.73 Å². The molecule has 0 aliphatic heterocycles. The van der Waals surface area contributed by atoms with E-state index in [4.69, 9.17) is 5.73 Å². The van der Waals surface area contributed by atoms with Gasteiger partial charge in [0.25, 0.3) is 0 Å². The molecule has 2 rings (SSSR count). The molecule has 0 aliphatic rings. The molecule has 0 aliphatic carbocycles. The Morgan fingerprint density at radius 1 is 1.18 bits per heavy atom. The fraction of sp³-hybridized carbons (Fsp3) is 0.250. The molecule has 0 radical (unpaired) electrons. The molecule has 0 saturated heterocycles. The average Bonchev–Trinajstić information content (AvgIpc) is 2.64. The Morgan fingerprint density at radius 3 is 2.41 bits per heavy atom. The van der Waals surface area contributed by atoms with Gasteiger partial charge >= 0.3 is 0 Å². The number of rotatable bonds is 2. The molecular weight excluding hydrogens is 224 g/mol. The highest BCUT2D eigenvalue weighted by molar-refractivity contribution is 5.74. The van der Waals surface area contributed by atoms with Crippen LogP contribution in [0.4, 0.5) is 14.6 Å². The number of nitrogen functional groups attached to an aromatic ring is 1. The molecule has 0 atom stereocenters. The third-order valence-electron chi connectivity index (χ3n) is 2.67. The van der Waals surface area contributed by atoms with Crippen molar-refractivity contribution in [1.82, 2.24) is 10.2 Å². The number of anilines is 1. The van der Waals surface area contributed by atoms with Crippen molar-refractivity contribution in [2.24, 2.45) is 0 Å². The van der Waals surface area contributed by atoms with Crippen molar-refractivity contribution >= 4 is 5.82 Å². The van der Waals surface area contributed by atoms with Gasteiger partial charge in [-0.15, -0.1) is 0 Å². The minimum absolute atomic E-state index is 0.0255. The molecule has 0 bridgehead atoms. The van der Waals surface area contributed by atoms with E-state index < -0.39 is 11.6 Å². The summed E-state index contributed by atoms with van der Waals surface area (Å²) in [6, 6.07) is 2.37. The highest BCUT2D eigenvalue weighted by atomic mass is 19.1. The molecule has 5 heteroatoms. The van der Waals surface area contributed by atoms with Crippen LogP contribution in [0.2, 0.25) is 0 Å². The SMILES string of the molecule is CC(C)c1cc(-c2cn[nH]c2N)c(F)cc1F. The molecular formula is C12H13F2N3. The lowest BCUT2D eigenvalue weighted by Crippen LogP contribution is -1.98. The molecule has 3 nitrogen and oxygen atoms in total. The average molecular weight is 237 g/mol. The third kappa shape index (κ3) is 2.00. The van der Waals surface area contributed by atoms with Gasteiger partial charge in [-0.25, -0.2) is 8.78 Å². The summed E-state index contributed by atoms with van der Waals surface area (Å²) in [4.78, 5) is 0. The van der Waals surface area contributed by atoms with Crippen LogP contribution in [-0.4, -0.2) is 10.2 Å². The standard InChI is InChI=1S/C12H13F2N3/c1-6(2)7-3-8(11(14)4-10(7)13)9-5-16-17-12(9)15/h3-6H,1-2H3,(H3,15,16,17). The lowest BCUT2D eigenvalue weighted by atomic mass is 9.97. The van der Waals surface area contributed by atoms with Crippen molar-refractivity contribution in [3.63, 3.8) is 0 Å². The number of benzene rings is 1. The number of nitrogens with zero attached hydrogens (tertiary/aromatic N) is 1. The van der Waals surface area contributed by atoms with Crippen LogP contribution >= 0.6 is 0 Å². The molecule has 0 saturated carbocycles. The zero-order valence-corrected chi connectivity index (χ0v) is 9.59.